The fourth-order valence-corrected chi connectivity index (χ4v) is 9.08. The Kier molecular flexibility index (Phi) is 6.92. The van der Waals surface area contributed by atoms with Gasteiger partial charge in [-0.3, -0.25) is 4.79 Å². The van der Waals surface area contributed by atoms with Crippen molar-refractivity contribution >= 4 is 14.2 Å². The summed E-state index contributed by atoms with van der Waals surface area (Å²) in [6, 6.07) is 0.392. The van der Waals surface area contributed by atoms with Crippen LogP contribution < -0.4 is 0 Å². The third kappa shape index (κ3) is 4.28. The van der Waals surface area contributed by atoms with Crippen LogP contribution in [0.1, 0.15) is 71.1 Å². The van der Waals surface area contributed by atoms with Crippen molar-refractivity contribution < 1.29 is 4.79 Å². The van der Waals surface area contributed by atoms with Crippen LogP contribution in [0.15, 0.2) is 23.0 Å². The van der Waals surface area contributed by atoms with E-state index >= 15 is 0 Å². The topological polar surface area (TPSA) is 20.3 Å². The lowest BCUT2D eigenvalue weighted by atomic mass is 9.95. The summed E-state index contributed by atoms with van der Waals surface area (Å²) in [5.41, 5.74) is 2.87. The van der Waals surface area contributed by atoms with Gasteiger partial charge in [0, 0.05) is 17.5 Å². The monoisotopic (exact) mass is 361 g/mol. The Bertz CT molecular complexity index is 494. The van der Waals surface area contributed by atoms with Crippen molar-refractivity contribution in [2.24, 2.45) is 5.92 Å². The predicted octanol–water partition coefficient (Wildman–Crippen LogP) is 5.72. The minimum atomic E-state index is -0.171. The zero-order chi connectivity index (χ0) is 17.8. The van der Waals surface area contributed by atoms with Gasteiger partial charge < -0.3 is 4.90 Å². The van der Waals surface area contributed by atoms with E-state index < -0.39 is 0 Å². The van der Waals surface area contributed by atoms with Gasteiger partial charge in [0.05, 0.1) is 0 Å². The second-order valence-electron chi connectivity index (χ2n) is 8.54. The van der Waals surface area contributed by atoms with Crippen LogP contribution in [0, 0.1) is 5.92 Å². The number of hydrogen-bond donors (Lipinski definition) is 0. The fraction of sp³-hybridized carbons (Fsp3) is 0.773. The number of nitrogens with zero attached hydrogens (tertiary/aromatic N) is 1. The largest absolute Gasteiger partial charge is 0.306 e. The average molecular weight is 362 g/mol. The molecule has 2 saturated carbocycles. The van der Waals surface area contributed by atoms with E-state index in [0.717, 1.165) is 16.9 Å². The van der Waals surface area contributed by atoms with E-state index in [2.05, 4.69) is 38.1 Å². The van der Waals surface area contributed by atoms with Crippen LogP contribution in [0.2, 0.25) is 0 Å². The number of carbonyl (C=O) groups excluding carboxylic acids is 1. The Morgan fingerprint density at radius 1 is 1.00 bits per heavy atom. The van der Waals surface area contributed by atoms with E-state index in [-0.39, 0.29) is 7.92 Å². The van der Waals surface area contributed by atoms with Gasteiger partial charge in [-0.1, -0.05) is 58.6 Å². The molecule has 2 fully saturated rings. The van der Waals surface area contributed by atoms with Crippen molar-refractivity contribution in [3.63, 3.8) is 0 Å². The lowest BCUT2D eigenvalue weighted by Crippen LogP contribution is -2.32. The van der Waals surface area contributed by atoms with E-state index in [1.165, 1.54) is 75.8 Å². The quantitative estimate of drug-likeness (QED) is 0.445. The summed E-state index contributed by atoms with van der Waals surface area (Å²) in [6.07, 6.45) is 20.0. The molecule has 0 heterocycles. The highest BCUT2D eigenvalue weighted by molar-refractivity contribution is 7.63. The van der Waals surface area contributed by atoms with Gasteiger partial charge >= 0.3 is 0 Å². The smallest absolute Gasteiger partial charge is 0.147 e. The van der Waals surface area contributed by atoms with Crippen LogP contribution in [0.4, 0.5) is 0 Å². The molecular formula is C22H36NOP. The van der Waals surface area contributed by atoms with E-state index in [4.69, 9.17) is 0 Å². The van der Waals surface area contributed by atoms with Crippen LogP contribution in [0.3, 0.4) is 0 Å². The number of hydrogen-bond acceptors (Lipinski definition) is 2. The summed E-state index contributed by atoms with van der Waals surface area (Å²) in [5.74, 6) is 0.291. The summed E-state index contributed by atoms with van der Waals surface area (Å²) >= 11 is 0. The van der Waals surface area contributed by atoms with Crippen molar-refractivity contribution in [3.05, 3.63) is 23.0 Å². The van der Waals surface area contributed by atoms with Crippen molar-refractivity contribution in [1.82, 2.24) is 4.90 Å². The molecule has 3 aliphatic rings. The maximum atomic E-state index is 12.1. The highest BCUT2D eigenvalue weighted by Gasteiger charge is 2.37. The molecule has 2 nitrogen and oxygen atoms in total. The summed E-state index contributed by atoms with van der Waals surface area (Å²) in [4.78, 5) is 14.4. The van der Waals surface area contributed by atoms with Crippen molar-refractivity contribution in [1.29, 1.82) is 0 Å². The van der Waals surface area contributed by atoms with Gasteiger partial charge in [-0.25, -0.2) is 0 Å². The third-order valence-electron chi connectivity index (χ3n) is 6.79. The molecule has 0 spiro atoms. The van der Waals surface area contributed by atoms with Gasteiger partial charge in [-0.2, -0.15) is 0 Å². The highest BCUT2D eigenvalue weighted by atomic mass is 31.1. The number of carbonyl (C=O) groups is 1. The molecule has 25 heavy (non-hydrogen) atoms. The average Bonchev–Trinajstić information content (AvgIpc) is 3.06. The number of rotatable bonds is 6. The third-order valence-corrected chi connectivity index (χ3v) is 10.4. The van der Waals surface area contributed by atoms with E-state index in [1.54, 1.807) is 0 Å². The van der Waals surface area contributed by atoms with Gasteiger partial charge in [-0.05, 0) is 63.3 Å². The summed E-state index contributed by atoms with van der Waals surface area (Å²) < 4.78 is 0. The Balaban J connectivity index is 1.91. The van der Waals surface area contributed by atoms with Gasteiger partial charge in [-0.15, -0.1) is 0 Å². The molecule has 2 unspecified atom stereocenters. The van der Waals surface area contributed by atoms with Crippen LogP contribution in [-0.4, -0.2) is 42.6 Å². The van der Waals surface area contributed by atoms with Gasteiger partial charge in [0.1, 0.15) is 6.29 Å². The minimum absolute atomic E-state index is 0.171. The highest BCUT2D eigenvalue weighted by Crippen LogP contribution is 2.63. The van der Waals surface area contributed by atoms with Crippen LogP contribution in [0.5, 0.6) is 0 Å². The lowest BCUT2D eigenvalue weighted by molar-refractivity contribution is -0.105. The molecule has 2 atom stereocenters. The standard InChI is InChI=1S/C22H36NOP/c1-17(23(2)3)20-14-15-22(21(20)16-24)25(18-10-6-4-7-11-18)19-12-8-5-9-13-19/h14-20H,4-13H2,1-3H3. The van der Waals surface area contributed by atoms with Crippen LogP contribution in [-0.2, 0) is 4.79 Å². The van der Waals surface area contributed by atoms with Crippen LogP contribution >= 0.6 is 7.92 Å². The molecule has 3 rings (SSSR count). The first-order valence-corrected chi connectivity index (χ1v) is 11.9. The molecule has 0 aromatic carbocycles. The zero-order valence-electron chi connectivity index (χ0n) is 16.4. The van der Waals surface area contributed by atoms with Gasteiger partial charge in [0.25, 0.3) is 0 Å². The molecule has 3 aliphatic carbocycles. The van der Waals surface area contributed by atoms with Gasteiger partial charge in [0.15, 0.2) is 0 Å². The lowest BCUT2D eigenvalue weighted by Gasteiger charge is -2.39. The zero-order valence-corrected chi connectivity index (χ0v) is 17.3. The first-order valence-electron chi connectivity index (χ1n) is 10.5. The molecule has 0 bridgehead atoms. The summed E-state index contributed by atoms with van der Waals surface area (Å²) in [5, 5.41) is 1.49. The second kappa shape index (κ2) is 8.96. The predicted molar refractivity (Wildman–Crippen MR) is 110 cm³/mol. The van der Waals surface area contributed by atoms with Crippen molar-refractivity contribution in [2.45, 2.75) is 88.5 Å². The molecule has 0 aliphatic heterocycles. The summed E-state index contributed by atoms with van der Waals surface area (Å²) in [6.45, 7) is 2.25. The Morgan fingerprint density at radius 2 is 1.52 bits per heavy atom. The Hall–Kier alpha value is -0.460. The fourth-order valence-electron chi connectivity index (χ4n) is 5.09. The van der Waals surface area contributed by atoms with Crippen LogP contribution in [0.25, 0.3) is 0 Å². The number of aldehydes is 1. The maximum absolute atomic E-state index is 12.1. The molecular weight excluding hydrogens is 325 g/mol. The normalized spacial score (nSPS) is 27.5. The minimum Gasteiger partial charge on any atom is -0.306 e. The first-order chi connectivity index (χ1) is 12.1. The van der Waals surface area contributed by atoms with E-state index in [0.29, 0.717) is 12.0 Å². The molecule has 0 N–H and O–H groups in total. The summed E-state index contributed by atoms with van der Waals surface area (Å²) in [7, 11) is 4.09. The molecule has 0 radical (unpaired) electrons. The Morgan fingerprint density at radius 3 is 1.96 bits per heavy atom. The van der Waals surface area contributed by atoms with Gasteiger partial charge in [0.2, 0.25) is 0 Å². The molecule has 0 saturated heterocycles. The Labute approximate surface area is 155 Å². The molecule has 140 valence electrons. The molecule has 0 amide bonds. The second-order valence-corrected chi connectivity index (χ2v) is 11.3. The first kappa shape index (κ1) is 19.3. The molecule has 0 aromatic rings. The molecule has 0 aromatic heterocycles. The van der Waals surface area contributed by atoms with Crippen molar-refractivity contribution in [2.75, 3.05) is 14.1 Å². The molecule has 3 heteroatoms. The maximum Gasteiger partial charge on any atom is 0.147 e. The number of allylic oxidation sites excluding steroid dienone is 2. The van der Waals surface area contributed by atoms with E-state index in [1.807, 2.05) is 0 Å². The van der Waals surface area contributed by atoms with E-state index in [9.17, 15) is 4.79 Å². The SMILES string of the molecule is CC(C1C=CC(P(C2CCCCC2)C2CCCCC2)=C1C=O)N(C)C. The van der Waals surface area contributed by atoms with Crippen molar-refractivity contribution in [3.8, 4) is 0 Å².